The molecule has 0 aromatic heterocycles. The number of nitrogens with one attached hydrogen (secondary N) is 1. The van der Waals surface area contributed by atoms with Gasteiger partial charge in [0.1, 0.15) is 0 Å². The van der Waals surface area contributed by atoms with Crippen molar-refractivity contribution < 1.29 is 0 Å². The summed E-state index contributed by atoms with van der Waals surface area (Å²) >= 11 is 0. The fraction of sp³-hybridized carbons (Fsp3) is 0.625. The van der Waals surface area contributed by atoms with Crippen molar-refractivity contribution >= 4 is 0 Å². The third-order valence-corrected chi connectivity index (χ3v) is 3.92. The van der Waals surface area contributed by atoms with Crippen LogP contribution in [-0.4, -0.2) is 25.0 Å². The molecule has 1 N–H and O–H groups in total. The second kappa shape index (κ2) is 6.91. The lowest BCUT2D eigenvalue weighted by atomic mass is 9.85. The Balaban J connectivity index is 1.89. The van der Waals surface area contributed by atoms with Gasteiger partial charge in [0.15, 0.2) is 0 Å². The summed E-state index contributed by atoms with van der Waals surface area (Å²) in [6, 6.07) is 8.81. The van der Waals surface area contributed by atoms with Crippen LogP contribution in [0.25, 0.3) is 0 Å². The molecule has 0 atom stereocenters. The van der Waals surface area contributed by atoms with Crippen LogP contribution in [0, 0.1) is 5.92 Å². The zero-order valence-electron chi connectivity index (χ0n) is 11.8. The van der Waals surface area contributed by atoms with E-state index < -0.39 is 0 Å². The van der Waals surface area contributed by atoms with Crippen LogP contribution in [0.2, 0.25) is 0 Å². The first-order valence-electron chi connectivity index (χ1n) is 7.25. The van der Waals surface area contributed by atoms with E-state index in [1.165, 1.54) is 36.9 Å². The molecule has 2 heteroatoms. The van der Waals surface area contributed by atoms with Crippen LogP contribution >= 0.6 is 0 Å². The molecule has 0 radical (unpaired) electrons. The van der Waals surface area contributed by atoms with Crippen LogP contribution in [0.3, 0.4) is 0 Å². The van der Waals surface area contributed by atoms with Crippen molar-refractivity contribution in [3.05, 3.63) is 35.4 Å². The molecule has 1 saturated carbocycles. The summed E-state index contributed by atoms with van der Waals surface area (Å²) < 4.78 is 0. The summed E-state index contributed by atoms with van der Waals surface area (Å²) in [6.45, 7) is 6.52. The van der Waals surface area contributed by atoms with Gasteiger partial charge in [0.25, 0.3) is 0 Å². The highest BCUT2D eigenvalue weighted by Gasteiger charge is 2.19. The predicted octanol–water partition coefficient (Wildman–Crippen LogP) is 3.03. The van der Waals surface area contributed by atoms with Gasteiger partial charge in [-0.05, 0) is 43.5 Å². The molecule has 2 rings (SSSR count). The van der Waals surface area contributed by atoms with Gasteiger partial charge in [-0.2, -0.15) is 0 Å². The van der Waals surface area contributed by atoms with Crippen LogP contribution in [0.1, 0.15) is 37.3 Å². The van der Waals surface area contributed by atoms with Gasteiger partial charge in [-0.25, -0.2) is 0 Å². The quantitative estimate of drug-likeness (QED) is 0.795. The lowest BCUT2D eigenvalue weighted by Crippen LogP contribution is -2.29. The van der Waals surface area contributed by atoms with E-state index >= 15 is 0 Å². The minimum atomic E-state index is 0.955. The zero-order valence-corrected chi connectivity index (χ0v) is 11.8. The van der Waals surface area contributed by atoms with Crippen LogP contribution < -0.4 is 5.32 Å². The summed E-state index contributed by atoms with van der Waals surface area (Å²) in [7, 11) is 2.25. The summed E-state index contributed by atoms with van der Waals surface area (Å²) in [4.78, 5) is 2.48. The molecule has 0 aliphatic heterocycles. The second-order valence-electron chi connectivity index (χ2n) is 5.54. The molecule has 18 heavy (non-hydrogen) atoms. The highest BCUT2D eigenvalue weighted by Crippen LogP contribution is 2.27. The van der Waals surface area contributed by atoms with Crippen molar-refractivity contribution in [1.82, 2.24) is 10.2 Å². The molecule has 100 valence electrons. The number of benzene rings is 1. The van der Waals surface area contributed by atoms with E-state index in [4.69, 9.17) is 0 Å². The maximum Gasteiger partial charge on any atom is 0.0234 e. The third kappa shape index (κ3) is 3.82. The third-order valence-electron chi connectivity index (χ3n) is 3.92. The second-order valence-corrected chi connectivity index (χ2v) is 5.54. The van der Waals surface area contributed by atoms with Crippen LogP contribution in [0.4, 0.5) is 0 Å². The Morgan fingerprint density at radius 1 is 1.22 bits per heavy atom. The van der Waals surface area contributed by atoms with E-state index in [9.17, 15) is 0 Å². The van der Waals surface area contributed by atoms with Gasteiger partial charge in [0.05, 0.1) is 0 Å². The molecule has 1 aliphatic carbocycles. The van der Waals surface area contributed by atoms with E-state index in [0.29, 0.717) is 0 Å². The summed E-state index contributed by atoms with van der Waals surface area (Å²) in [5, 5.41) is 3.42. The molecular weight excluding hydrogens is 220 g/mol. The molecular formula is C16H26N2. The van der Waals surface area contributed by atoms with Crippen molar-refractivity contribution in [2.24, 2.45) is 5.92 Å². The fourth-order valence-electron chi connectivity index (χ4n) is 2.62. The molecule has 0 amide bonds. The lowest BCUT2D eigenvalue weighted by Gasteiger charge is -2.30. The lowest BCUT2D eigenvalue weighted by molar-refractivity contribution is 0.200. The van der Waals surface area contributed by atoms with Crippen molar-refractivity contribution in [1.29, 1.82) is 0 Å². The van der Waals surface area contributed by atoms with Gasteiger partial charge in [-0.15, -0.1) is 0 Å². The van der Waals surface area contributed by atoms with E-state index in [2.05, 4.69) is 48.5 Å². The first-order valence-corrected chi connectivity index (χ1v) is 7.25. The first-order chi connectivity index (χ1) is 8.79. The van der Waals surface area contributed by atoms with Crippen LogP contribution in [0.15, 0.2) is 24.3 Å². The molecule has 1 aromatic rings. The maximum atomic E-state index is 3.42. The van der Waals surface area contributed by atoms with Crippen LogP contribution in [-0.2, 0) is 13.1 Å². The highest BCUT2D eigenvalue weighted by atomic mass is 15.1. The smallest absolute Gasteiger partial charge is 0.0234 e. The summed E-state index contributed by atoms with van der Waals surface area (Å²) in [5.41, 5.74) is 2.92. The van der Waals surface area contributed by atoms with Crippen molar-refractivity contribution in [3.63, 3.8) is 0 Å². The normalized spacial score (nSPS) is 15.9. The Labute approximate surface area is 111 Å². The molecule has 0 spiro atoms. The molecule has 2 nitrogen and oxygen atoms in total. The van der Waals surface area contributed by atoms with E-state index in [-0.39, 0.29) is 0 Å². The average Bonchev–Trinajstić information content (AvgIpc) is 2.33. The van der Waals surface area contributed by atoms with Crippen molar-refractivity contribution in [3.8, 4) is 0 Å². The Kier molecular flexibility index (Phi) is 5.21. The van der Waals surface area contributed by atoms with Gasteiger partial charge >= 0.3 is 0 Å². The number of hydrogen-bond acceptors (Lipinski definition) is 2. The monoisotopic (exact) mass is 246 g/mol. The number of nitrogens with zero attached hydrogens (tertiary/aromatic N) is 1. The fourth-order valence-corrected chi connectivity index (χ4v) is 2.62. The van der Waals surface area contributed by atoms with Crippen molar-refractivity contribution in [2.45, 2.75) is 39.3 Å². The largest absolute Gasteiger partial charge is 0.313 e. The zero-order chi connectivity index (χ0) is 12.8. The minimum absolute atomic E-state index is 0.955. The minimum Gasteiger partial charge on any atom is -0.313 e. The molecule has 0 heterocycles. The topological polar surface area (TPSA) is 15.3 Å². The Morgan fingerprint density at radius 2 is 1.94 bits per heavy atom. The Bertz CT molecular complexity index is 358. The highest BCUT2D eigenvalue weighted by molar-refractivity contribution is 5.26. The summed E-state index contributed by atoms with van der Waals surface area (Å²) in [5.74, 6) is 0.955. The van der Waals surface area contributed by atoms with Crippen LogP contribution in [0.5, 0.6) is 0 Å². The van der Waals surface area contributed by atoms with Gasteiger partial charge in [-0.3, -0.25) is 0 Å². The predicted molar refractivity (Wildman–Crippen MR) is 77.5 cm³/mol. The first kappa shape index (κ1) is 13.6. The number of hydrogen-bond donors (Lipinski definition) is 1. The molecule has 1 aliphatic rings. The maximum absolute atomic E-state index is 3.42. The Hall–Kier alpha value is -0.860. The molecule has 0 bridgehead atoms. The standard InChI is InChI=1S/C16H26N2/c1-3-17-11-15-9-4-5-10-16(15)13-18(2)12-14-7-6-8-14/h4-5,9-10,14,17H,3,6-8,11-13H2,1-2H3. The SMILES string of the molecule is CCNCc1ccccc1CN(C)CC1CCC1. The van der Waals surface area contributed by atoms with Gasteiger partial charge in [-0.1, -0.05) is 37.6 Å². The Morgan fingerprint density at radius 3 is 2.56 bits per heavy atom. The van der Waals surface area contributed by atoms with E-state index in [1.54, 1.807) is 0 Å². The number of rotatable bonds is 7. The van der Waals surface area contributed by atoms with Gasteiger partial charge in [0.2, 0.25) is 0 Å². The van der Waals surface area contributed by atoms with Gasteiger partial charge < -0.3 is 10.2 Å². The summed E-state index contributed by atoms with van der Waals surface area (Å²) in [6.07, 6.45) is 4.31. The average molecular weight is 246 g/mol. The van der Waals surface area contributed by atoms with E-state index in [1.807, 2.05) is 0 Å². The molecule has 1 aromatic carbocycles. The molecule has 0 saturated heterocycles. The van der Waals surface area contributed by atoms with Crippen molar-refractivity contribution in [2.75, 3.05) is 20.1 Å². The molecule has 0 unspecified atom stereocenters. The molecule has 1 fully saturated rings. The van der Waals surface area contributed by atoms with Gasteiger partial charge in [0, 0.05) is 19.6 Å². The van der Waals surface area contributed by atoms with E-state index in [0.717, 1.165) is 25.6 Å².